The second-order valence-corrected chi connectivity index (χ2v) is 7.35. The van der Waals surface area contributed by atoms with E-state index in [1.807, 2.05) is 20.0 Å². The fourth-order valence-corrected chi connectivity index (χ4v) is 3.30. The maximum atomic E-state index is 10.3. The Labute approximate surface area is 178 Å². The SMILES string of the molecule is CCNC(=NCc1ncc(C)s1)NCC(O)c1cc(Cl)cc(Cl)c1.I. The molecule has 0 saturated heterocycles. The summed E-state index contributed by atoms with van der Waals surface area (Å²) in [5.41, 5.74) is 0.659. The van der Waals surface area contributed by atoms with Crippen molar-refractivity contribution >= 4 is 64.5 Å². The first-order chi connectivity index (χ1) is 11.5. The molecule has 0 fully saturated rings. The Morgan fingerprint density at radius 2 is 1.96 bits per heavy atom. The second-order valence-electron chi connectivity index (χ2n) is 5.16. The van der Waals surface area contributed by atoms with Gasteiger partial charge in [0.15, 0.2) is 5.96 Å². The average molecular weight is 515 g/mol. The lowest BCUT2D eigenvalue weighted by molar-refractivity contribution is 0.181. The van der Waals surface area contributed by atoms with E-state index in [0.717, 1.165) is 16.4 Å². The van der Waals surface area contributed by atoms with Gasteiger partial charge in [0.25, 0.3) is 0 Å². The van der Waals surface area contributed by atoms with Crippen molar-refractivity contribution < 1.29 is 5.11 Å². The summed E-state index contributed by atoms with van der Waals surface area (Å²) in [6.07, 6.45) is 1.09. The number of hydrogen-bond acceptors (Lipinski definition) is 4. The van der Waals surface area contributed by atoms with Crippen LogP contribution >= 0.6 is 58.5 Å². The van der Waals surface area contributed by atoms with Gasteiger partial charge in [-0.15, -0.1) is 35.3 Å². The highest BCUT2D eigenvalue weighted by molar-refractivity contribution is 14.0. The first-order valence-electron chi connectivity index (χ1n) is 7.55. The zero-order valence-corrected chi connectivity index (χ0v) is 18.6. The van der Waals surface area contributed by atoms with Crippen molar-refractivity contribution in [2.75, 3.05) is 13.1 Å². The van der Waals surface area contributed by atoms with Crippen molar-refractivity contribution in [1.82, 2.24) is 15.6 Å². The summed E-state index contributed by atoms with van der Waals surface area (Å²) in [6, 6.07) is 5.03. The molecule has 2 aromatic rings. The van der Waals surface area contributed by atoms with E-state index in [1.54, 1.807) is 29.5 Å². The van der Waals surface area contributed by atoms with Gasteiger partial charge in [-0.2, -0.15) is 0 Å². The summed E-state index contributed by atoms with van der Waals surface area (Å²) in [5, 5.41) is 18.5. The van der Waals surface area contributed by atoms with Crippen LogP contribution < -0.4 is 10.6 Å². The normalized spacial score (nSPS) is 12.4. The lowest BCUT2D eigenvalue weighted by Crippen LogP contribution is -2.39. The Hall–Kier alpha value is -0.610. The third-order valence-corrected chi connectivity index (χ3v) is 4.45. The zero-order chi connectivity index (χ0) is 17.5. The van der Waals surface area contributed by atoms with Crippen molar-refractivity contribution in [1.29, 1.82) is 0 Å². The molecule has 0 amide bonds. The van der Waals surface area contributed by atoms with Crippen LogP contribution in [0.2, 0.25) is 10.0 Å². The molecule has 0 saturated carbocycles. The molecule has 5 nitrogen and oxygen atoms in total. The van der Waals surface area contributed by atoms with E-state index in [4.69, 9.17) is 23.2 Å². The van der Waals surface area contributed by atoms with Gasteiger partial charge < -0.3 is 15.7 Å². The molecule has 1 aromatic carbocycles. The monoisotopic (exact) mass is 514 g/mol. The summed E-state index contributed by atoms with van der Waals surface area (Å²) < 4.78 is 0. The van der Waals surface area contributed by atoms with Gasteiger partial charge in [0.2, 0.25) is 0 Å². The Morgan fingerprint density at radius 3 is 2.52 bits per heavy atom. The molecule has 0 bridgehead atoms. The Morgan fingerprint density at radius 1 is 1.28 bits per heavy atom. The highest BCUT2D eigenvalue weighted by atomic mass is 127. The summed E-state index contributed by atoms with van der Waals surface area (Å²) in [5.74, 6) is 0.623. The molecule has 1 heterocycles. The molecule has 0 aliphatic heterocycles. The van der Waals surface area contributed by atoms with Crippen LogP contribution in [0.3, 0.4) is 0 Å². The summed E-state index contributed by atoms with van der Waals surface area (Å²) in [7, 11) is 0. The number of aliphatic hydroxyl groups excluding tert-OH is 1. The molecule has 0 radical (unpaired) electrons. The molecule has 1 unspecified atom stereocenters. The number of rotatable bonds is 6. The van der Waals surface area contributed by atoms with E-state index >= 15 is 0 Å². The number of benzene rings is 1. The van der Waals surface area contributed by atoms with Gasteiger partial charge in [-0.05, 0) is 37.6 Å². The Balaban J connectivity index is 0.00000312. The number of aliphatic imine (C=N–C) groups is 1. The predicted molar refractivity (Wildman–Crippen MR) is 117 cm³/mol. The van der Waals surface area contributed by atoms with Crippen molar-refractivity contribution in [2.24, 2.45) is 4.99 Å². The smallest absolute Gasteiger partial charge is 0.191 e. The molecule has 3 N–H and O–H groups in total. The molecular formula is C16H21Cl2IN4OS. The minimum atomic E-state index is -0.743. The lowest BCUT2D eigenvalue weighted by atomic mass is 10.1. The number of guanidine groups is 1. The Kier molecular flexibility index (Phi) is 10.0. The van der Waals surface area contributed by atoms with Gasteiger partial charge in [0.1, 0.15) is 5.01 Å². The maximum absolute atomic E-state index is 10.3. The average Bonchev–Trinajstić information content (AvgIpc) is 2.94. The number of aliphatic hydroxyl groups is 1. The van der Waals surface area contributed by atoms with Gasteiger partial charge in [-0.25, -0.2) is 9.98 Å². The van der Waals surface area contributed by atoms with Crippen LogP contribution in [0.15, 0.2) is 29.4 Å². The van der Waals surface area contributed by atoms with Crippen molar-refractivity contribution in [3.05, 3.63) is 49.9 Å². The first kappa shape index (κ1) is 22.4. The number of halogens is 3. The minimum absolute atomic E-state index is 0. The molecular weight excluding hydrogens is 494 g/mol. The fraction of sp³-hybridized carbons (Fsp3) is 0.375. The quantitative estimate of drug-likeness (QED) is 0.307. The minimum Gasteiger partial charge on any atom is -0.387 e. The molecule has 0 spiro atoms. The van der Waals surface area contributed by atoms with Crippen LogP contribution in [0.1, 0.15) is 28.5 Å². The summed E-state index contributed by atoms with van der Waals surface area (Å²) >= 11 is 13.6. The van der Waals surface area contributed by atoms with Gasteiger partial charge in [-0.1, -0.05) is 23.2 Å². The molecule has 1 atom stereocenters. The van der Waals surface area contributed by atoms with Crippen LogP contribution in [0.25, 0.3) is 0 Å². The van der Waals surface area contributed by atoms with Gasteiger partial charge >= 0.3 is 0 Å². The molecule has 25 heavy (non-hydrogen) atoms. The van der Waals surface area contributed by atoms with Crippen LogP contribution in [-0.4, -0.2) is 29.1 Å². The topological polar surface area (TPSA) is 69.5 Å². The molecule has 0 aliphatic carbocycles. The fourth-order valence-electron chi connectivity index (χ4n) is 2.04. The number of hydrogen-bond donors (Lipinski definition) is 3. The zero-order valence-electron chi connectivity index (χ0n) is 13.9. The lowest BCUT2D eigenvalue weighted by Gasteiger charge is -2.16. The molecule has 0 aliphatic rings. The van der Waals surface area contributed by atoms with Gasteiger partial charge in [0, 0.05) is 34.2 Å². The van der Waals surface area contributed by atoms with E-state index in [1.165, 1.54) is 0 Å². The molecule has 9 heteroatoms. The largest absolute Gasteiger partial charge is 0.387 e. The molecule has 138 valence electrons. The van der Waals surface area contributed by atoms with E-state index in [9.17, 15) is 5.11 Å². The summed E-state index contributed by atoms with van der Waals surface area (Å²) in [6.45, 7) is 5.51. The van der Waals surface area contributed by atoms with E-state index in [0.29, 0.717) is 34.7 Å². The third-order valence-electron chi connectivity index (χ3n) is 3.12. The maximum Gasteiger partial charge on any atom is 0.191 e. The van der Waals surface area contributed by atoms with Crippen LogP contribution in [0.4, 0.5) is 0 Å². The number of nitrogens with zero attached hydrogens (tertiary/aromatic N) is 2. The van der Waals surface area contributed by atoms with Gasteiger partial charge in [0.05, 0.1) is 12.6 Å². The first-order valence-corrected chi connectivity index (χ1v) is 9.12. The van der Waals surface area contributed by atoms with E-state index in [-0.39, 0.29) is 24.0 Å². The highest BCUT2D eigenvalue weighted by Gasteiger charge is 2.10. The third kappa shape index (κ3) is 7.65. The van der Waals surface area contributed by atoms with Crippen molar-refractivity contribution in [3.63, 3.8) is 0 Å². The van der Waals surface area contributed by atoms with Crippen molar-refractivity contribution in [2.45, 2.75) is 26.5 Å². The molecule has 2 rings (SSSR count). The second kappa shape index (κ2) is 11.2. The number of thiazole rings is 1. The van der Waals surface area contributed by atoms with Crippen LogP contribution in [-0.2, 0) is 6.54 Å². The predicted octanol–water partition coefficient (Wildman–Crippen LogP) is 4.17. The van der Waals surface area contributed by atoms with Crippen LogP contribution in [0.5, 0.6) is 0 Å². The number of nitrogens with one attached hydrogen (secondary N) is 2. The highest BCUT2D eigenvalue weighted by Crippen LogP contribution is 2.23. The van der Waals surface area contributed by atoms with Crippen LogP contribution in [0, 0.1) is 6.92 Å². The van der Waals surface area contributed by atoms with Crippen molar-refractivity contribution in [3.8, 4) is 0 Å². The van der Waals surface area contributed by atoms with E-state index in [2.05, 4.69) is 20.6 Å². The summed E-state index contributed by atoms with van der Waals surface area (Å²) in [4.78, 5) is 9.92. The number of aromatic nitrogens is 1. The molecule has 1 aromatic heterocycles. The Bertz CT molecular complexity index is 691. The standard InChI is InChI=1S/C16H20Cl2N4OS.HI/c1-3-19-16(22-9-15-20-7-10(2)24-15)21-8-14(23)11-4-12(17)6-13(18)5-11;/h4-7,14,23H,3,8-9H2,1-2H3,(H2,19,21,22);1H. The van der Waals surface area contributed by atoms with E-state index < -0.39 is 6.10 Å². The van der Waals surface area contributed by atoms with Gasteiger partial charge in [-0.3, -0.25) is 0 Å². The number of aryl methyl sites for hydroxylation is 1.